The topological polar surface area (TPSA) is 49.9 Å². The molecule has 2 fully saturated rings. The highest BCUT2D eigenvalue weighted by Gasteiger charge is 2.28. The molecule has 2 saturated heterocycles. The van der Waals surface area contributed by atoms with E-state index in [2.05, 4.69) is 24.0 Å². The molecule has 0 spiro atoms. The molecular formula is C22H32N2O3. The van der Waals surface area contributed by atoms with E-state index in [-0.39, 0.29) is 17.8 Å². The van der Waals surface area contributed by atoms with Gasteiger partial charge in [0, 0.05) is 25.2 Å². The number of carbonyl (C=O) groups excluding carboxylic acids is 2. The minimum atomic E-state index is -0.124. The van der Waals surface area contributed by atoms with Crippen molar-refractivity contribution < 1.29 is 14.3 Å². The van der Waals surface area contributed by atoms with Crippen LogP contribution in [0.4, 0.5) is 0 Å². The first-order valence-corrected chi connectivity index (χ1v) is 10.3. The smallest absolute Gasteiger partial charge is 0.309 e. The van der Waals surface area contributed by atoms with Crippen LogP contribution in [0.3, 0.4) is 0 Å². The number of rotatable bonds is 5. The van der Waals surface area contributed by atoms with Crippen LogP contribution < -0.4 is 0 Å². The molecule has 5 nitrogen and oxygen atoms in total. The van der Waals surface area contributed by atoms with Gasteiger partial charge in [-0.05, 0) is 69.3 Å². The average molecular weight is 373 g/mol. The van der Waals surface area contributed by atoms with Gasteiger partial charge in [-0.15, -0.1) is 0 Å². The van der Waals surface area contributed by atoms with E-state index in [4.69, 9.17) is 4.74 Å². The number of piperidine rings is 2. The lowest BCUT2D eigenvalue weighted by molar-refractivity contribution is -0.149. The molecular weight excluding hydrogens is 340 g/mol. The predicted octanol–water partition coefficient (Wildman–Crippen LogP) is 3.33. The molecule has 2 aliphatic heterocycles. The Bertz CT molecular complexity index is 627. The minimum absolute atomic E-state index is 0.0654. The van der Waals surface area contributed by atoms with Crippen molar-refractivity contribution in [2.45, 2.75) is 46.1 Å². The van der Waals surface area contributed by atoms with E-state index in [1.807, 2.05) is 24.0 Å². The number of amides is 1. The molecule has 0 unspecified atom stereocenters. The lowest BCUT2D eigenvalue weighted by Gasteiger charge is -2.31. The maximum absolute atomic E-state index is 12.7. The Morgan fingerprint density at radius 3 is 2.22 bits per heavy atom. The van der Waals surface area contributed by atoms with Crippen LogP contribution in [0.1, 0.15) is 55.5 Å². The van der Waals surface area contributed by atoms with Gasteiger partial charge in [0.15, 0.2) is 0 Å². The summed E-state index contributed by atoms with van der Waals surface area (Å²) in [5.74, 6) is 0.717. The molecule has 0 aromatic heterocycles. The fourth-order valence-corrected chi connectivity index (χ4v) is 3.99. The third-order valence-corrected chi connectivity index (χ3v) is 5.89. The molecule has 27 heavy (non-hydrogen) atoms. The Labute approximate surface area is 162 Å². The molecule has 148 valence electrons. The second-order valence-electron chi connectivity index (χ2n) is 7.97. The summed E-state index contributed by atoms with van der Waals surface area (Å²) in [6.07, 6.45) is 3.93. The Hall–Kier alpha value is -1.88. The first-order valence-electron chi connectivity index (χ1n) is 10.3. The molecule has 0 saturated carbocycles. The van der Waals surface area contributed by atoms with Gasteiger partial charge in [-0.3, -0.25) is 14.5 Å². The van der Waals surface area contributed by atoms with E-state index >= 15 is 0 Å². The van der Waals surface area contributed by atoms with Gasteiger partial charge in [-0.25, -0.2) is 0 Å². The standard InChI is InChI=1S/C22H32N2O3/c1-3-27-22(26)20-10-14-24(15-11-20)21(25)19-6-4-18(5-7-19)16-23-12-8-17(2)9-13-23/h4-7,17,20H,3,8-16H2,1-2H3. The van der Waals surface area contributed by atoms with Crippen LogP contribution in [-0.2, 0) is 16.1 Å². The molecule has 0 aliphatic carbocycles. The second kappa shape index (κ2) is 9.36. The lowest BCUT2D eigenvalue weighted by atomic mass is 9.96. The van der Waals surface area contributed by atoms with Crippen molar-refractivity contribution in [3.63, 3.8) is 0 Å². The predicted molar refractivity (Wildman–Crippen MR) is 105 cm³/mol. The molecule has 1 amide bonds. The summed E-state index contributed by atoms with van der Waals surface area (Å²) in [6.45, 7) is 9.10. The Kier molecular flexibility index (Phi) is 6.89. The highest BCUT2D eigenvalue weighted by molar-refractivity contribution is 5.94. The normalized spacial score (nSPS) is 19.9. The van der Waals surface area contributed by atoms with Crippen LogP contribution in [0.2, 0.25) is 0 Å². The number of carbonyl (C=O) groups is 2. The summed E-state index contributed by atoms with van der Waals surface area (Å²) in [5.41, 5.74) is 2.00. The Morgan fingerprint density at radius 1 is 1.00 bits per heavy atom. The number of hydrogen-bond donors (Lipinski definition) is 0. The number of nitrogens with zero attached hydrogens (tertiary/aromatic N) is 2. The van der Waals surface area contributed by atoms with Gasteiger partial charge in [0.25, 0.3) is 5.91 Å². The van der Waals surface area contributed by atoms with Crippen LogP contribution in [0.5, 0.6) is 0 Å². The van der Waals surface area contributed by atoms with E-state index in [0.717, 1.165) is 31.1 Å². The number of benzene rings is 1. The van der Waals surface area contributed by atoms with Crippen LogP contribution in [-0.4, -0.2) is 54.5 Å². The second-order valence-corrected chi connectivity index (χ2v) is 7.97. The van der Waals surface area contributed by atoms with Crippen LogP contribution >= 0.6 is 0 Å². The zero-order valence-corrected chi connectivity index (χ0v) is 16.7. The van der Waals surface area contributed by atoms with Crippen molar-refractivity contribution >= 4 is 11.9 Å². The Morgan fingerprint density at radius 2 is 1.63 bits per heavy atom. The highest BCUT2D eigenvalue weighted by atomic mass is 16.5. The van der Waals surface area contributed by atoms with E-state index in [0.29, 0.717) is 32.5 Å². The molecule has 5 heteroatoms. The molecule has 0 bridgehead atoms. The first kappa shape index (κ1) is 19.9. The van der Waals surface area contributed by atoms with Gasteiger partial charge in [0.2, 0.25) is 0 Å². The number of ether oxygens (including phenoxy) is 1. The van der Waals surface area contributed by atoms with Gasteiger partial charge >= 0.3 is 5.97 Å². The zero-order valence-electron chi connectivity index (χ0n) is 16.7. The monoisotopic (exact) mass is 372 g/mol. The Balaban J connectivity index is 1.50. The molecule has 0 atom stereocenters. The van der Waals surface area contributed by atoms with Crippen molar-refractivity contribution in [1.29, 1.82) is 0 Å². The van der Waals surface area contributed by atoms with Crippen molar-refractivity contribution in [3.05, 3.63) is 35.4 Å². The summed E-state index contributed by atoms with van der Waals surface area (Å²) >= 11 is 0. The van der Waals surface area contributed by atoms with E-state index in [9.17, 15) is 9.59 Å². The minimum Gasteiger partial charge on any atom is -0.466 e. The number of likely N-dealkylation sites (tertiary alicyclic amines) is 2. The molecule has 0 N–H and O–H groups in total. The van der Waals surface area contributed by atoms with E-state index in [1.165, 1.54) is 18.4 Å². The maximum Gasteiger partial charge on any atom is 0.309 e. The summed E-state index contributed by atoms with van der Waals surface area (Å²) in [7, 11) is 0. The number of hydrogen-bond acceptors (Lipinski definition) is 4. The highest BCUT2D eigenvalue weighted by Crippen LogP contribution is 2.21. The van der Waals surface area contributed by atoms with Gasteiger partial charge in [-0.1, -0.05) is 19.1 Å². The maximum atomic E-state index is 12.7. The fourth-order valence-electron chi connectivity index (χ4n) is 3.99. The van der Waals surface area contributed by atoms with Crippen molar-refractivity contribution in [3.8, 4) is 0 Å². The average Bonchev–Trinajstić information content (AvgIpc) is 2.70. The van der Waals surface area contributed by atoms with Crippen LogP contribution in [0, 0.1) is 11.8 Å². The first-order chi connectivity index (χ1) is 13.1. The van der Waals surface area contributed by atoms with Gasteiger partial charge in [-0.2, -0.15) is 0 Å². The zero-order chi connectivity index (χ0) is 19.2. The summed E-state index contributed by atoms with van der Waals surface area (Å²) in [6, 6.07) is 8.05. The van der Waals surface area contributed by atoms with Gasteiger partial charge in [0.1, 0.15) is 0 Å². The van der Waals surface area contributed by atoms with E-state index in [1.54, 1.807) is 0 Å². The summed E-state index contributed by atoms with van der Waals surface area (Å²) in [5, 5.41) is 0. The lowest BCUT2D eigenvalue weighted by Crippen LogP contribution is -2.40. The third kappa shape index (κ3) is 5.32. The van der Waals surface area contributed by atoms with Crippen molar-refractivity contribution in [1.82, 2.24) is 9.80 Å². The molecule has 2 heterocycles. The quantitative estimate of drug-likeness (QED) is 0.744. The van der Waals surface area contributed by atoms with Gasteiger partial charge < -0.3 is 9.64 Å². The van der Waals surface area contributed by atoms with Crippen LogP contribution in [0.25, 0.3) is 0 Å². The fraction of sp³-hybridized carbons (Fsp3) is 0.636. The number of esters is 1. The van der Waals surface area contributed by atoms with Crippen molar-refractivity contribution in [2.24, 2.45) is 11.8 Å². The molecule has 1 aromatic rings. The third-order valence-electron chi connectivity index (χ3n) is 5.89. The van der Waals surface area contributed by atoms with E-state index < -0.39 is 0 Å². The molecule has 3 rings (SSSR count). The molecule has 1 aromatic carbocycles. The van der Waals surface area contributed by atoms with Gasteiger partial charge in [0.05, 0.1) is 12.5 Å². The summed E-state index contributed by atoms with van der Waals surface area (Å²) < 4.78 is 5.10. The molecule has 2 aliphatic rings. The largest absolute Gasteiger partial charge is 0.466 e. The summed E-state index contributed by atoms with van der Waals surface area (Å²) in [4.78, 5) is 28.9. The SMILES string of the molecule is CCOC(=O)C1CCN(C(=O)c2ccc(CN3CCC(C)CC3)cc2)CC1. The van der Waals surface area contributed by atoms with Crippen molar-refractivity contribution in [2.75, 3.05) is 32.8 Å². The van der Waals surface area contributed by atoms with Crippen LogP contribution in [0.15, 0.2) is 24.3 Å². The molecule has 0 radical (unpaired) electrons.